The van der Waals surface area contributed by atoms with Gasteiger partial charge in [-0.25, -0.2) is 9.78 Å². The molecular formula is C12H19Cl2N3O2. The molecule has 0 aromatic carbocycles. The zero-order valence-corrected chi connectivity index (χ0v) is 12.4. The van der Waals surface area contributed by atoms with Crippen molar-refractivity contribution in [2.75, 3.05) is 25.5 Å². The maximum Gasteiger partial charge on any atom is 0.338 e. The summed E-state index contributed by atoms with van der Waals surface area (Å²) in [4.78, 5) is 15.6. The predicted octanol–water partition coefficient (Wildman–Crippen LogP) is 1.88. The molecule has 2 N–H and O–H groups in total. The molecule has 2 heterocycles. The van der Waals surface area contributed by atoms with Crippen molar-refractivity contribution in [1.82, 2.24) is 10.3 Å². The Morgan fingerprint density at radius 1 is 1.42 bits per heavy atom. The summed E-state index contributed by atoms with van der Waals surface area (Å²) in [6.07, 6.45) is 3.77. The average Bonchev–Trinajstić information content (AvgIpc) is 2.39. The number of hydrogen-bond acceptors (Lipinski definition) is 5. The van der Waals surface area contributed by atoms with Gasteiger partial charge in [-0.3, -0.25) is 0 Å². The first kappa shape index (κ1) is 18.0. The number of pyridine rings is 1. The topological polar surface area (TPSA) is 63.2 Å². The van der Waals surface area contributed by atoms with E-state index < -0.39 is 0 Å². The smallest absolute Gasteiger partial charge is 0.338 e. The van der Waals surface area contributed by atoms with Gasteiger partial charge in [0.2, 0.25) is 0 Å². The third-order valence-corrected chi connectivity index (χ3v) is 2.87. The van der Waals surface area contributed by atoms with Crippen molar-refractivity contribution in [1.29, 1.82) is 0 Å². The number of methoxy groups -OCH3 is 1. The Morgan fingerprint density at radius 2 is 2.11 bits per heavy atom. The van der Waals surface area contributed by atoms with Crippen LogP contribution in [0.2, 0.25) is 0 Å². The highest BCUT2D eigenvalue weighted by Gasteiger charge is 2.14. The zero-order valence-electron chi connectivity index (χ0n) is 10.7. The standard InChI is InChI=1S/C12H17N3O2.2ClH/c1-17-12(16)9-2-7-14-11(8-9)15-10-3-5-13-6-4-10;;/h2,7-8,10,13H,3-6H2,1H3,(H,14,15);2*1H. The van der Waals surface area contributed by atoms with E-state index in [0.29, 0.717) is 11.6 Å². The normalized spacial score (nSPS) is 14.8. The Hall–Kier alpha value is -1.04. The van der Waals surface area contributed by atoms with Crippen LogP contribution in [0.3, 0.4) is 0 Å². The van der Waals surface area contributed by atoms with E-state index in [9.17, 15) is 4.79 Å². The molecule has 0 radical (unpaired) electrons. The molecule has 0 aliphatic carbocycles. The minimum Gasteiger partial charge on any atom is -0.465 e. The van der Waals surface area contributed by atoms with Gasteiger partial charge in [0.1, 0.15) is 5.82 Å². The number of anilines is 1. The molecule has 1 aromatic rings. The van der Waals surface area contributed by atoms with Crippen LogP contribution in [0.15, 0.2) is 18.3 Å². The number of hydrogen-bond donors (Lipinski definition) is 2. The quantitative estimate of drug-likeness (QED) is 0.835. The first-order valence-electron chi connectivity index (χ1n) is 5.81. The third kappa shape index (κ3) is 5.22. The van der Waals surface area contributed by atoms with Crippen molar-refractivity contribution < 1.29 is 9.53 Å². The molecule has 108 valence electrons. The van der Waals surface area contributed by atoms with Crippen LogP contribution in [0.1, 0.15) is 23.2 Å². The molecule has 1 aliphatic heterocycles. The number of rotatable bonds is 3. The number of carbonyl (C=O) groups is 1. The van der Waals surface area contributed by atoms with Crippen LogP contribution in [0.5, 0.6) is 0 Å². The maximum atomic E-state index is 11.4. The number of nitrogens with one attached hydrogen (secondary N) is 2. The Balaban J connectivity index is 0.00000162. The van der Waals surface area contributed by atoms with Crippen molar-refractivity contribution in [2.45, 2.75) is 18.9 Å². The molecule has 0 saturated carbocycles. The second-order valence-corrected chi connectivity index (χ2v) is 4.09. The molecule has 0 unspecified atom stereocenters. The van der Waals surface area contributed by atoms with Gasteiger partial charge in [0.15, 0.2) is 0 Å². The molecule has 1 saturated heterocycles. The van der Waals surface area contributed by atoms with Gasteiger partial charge in [0, 0.05) is 12.2 Å². The van der Waals surface area contributed by atoms with Gasteiger partial charge in [0.25, 0.3) is 0 Å². The molecule has 2 rings (SSSR count). The van der Waals surface area contributed by atoms with Crippen LogP contribution in [0.4, 0.5) is 5.82 Å². The number of piperidine rings is 1. The van der Waals surface area contributed by atoms with Crippen LogP contribution in [0.25, 0.3) is 0 Å². The fraction of sp³-hybridized carbons (Fsp3) is 0.500. The Morgan fingerprint density at radius 3 is 2.74 bits per heavy atom. The van der Waals surface area contributed by atoms with Gasteiger partial charge in [-0.15, -0.1) is 24.8 Å². The Kier molecular flexibility index (Phi) is 8.47. The molecule has 0 bridgehead atoms. The Labute approximate surface area is 125 Å². The van der Waals surface area contributed by atoms with Crippen LogP contribution in [0, 0.1) is 0 Å². The SMILES string of the molecule is COC(=O)c1ccnc(NC2CCNCC2)c1.Cl.Cl. The van der Waals surface area contributed by atoms with Gasteiger partial charge >= 0.3 is 5.97 Å². The number of nitrogens with zero attached hydrogens (tertiary/aromatic N) is 1. The van der Waals surface area contributed by atoms with E-state index in [1.54, 1.807) is 18.3 Å². The monoisotopic (exact) mass is 307 g/mol. The minimum atomic E-state index is -0.333. The molecule has 1 fully saturated rings. The molecule has 0 spiro atoms. The predicted molar refractivity (Wildman–Crippen MR) is 79.6 cm³/mol. The highest BCUT2D eigenvalue weighted by Crippen LogP contribution is 2.13. The van der Waals surface area contributed by atoms with Crippen molar-refractivity contribution in [3.63, 3.8) is 0 Å². The van der Waals surface area contributed by atoms with Crippen molar-refractivity contribution in [3.8, 4) is 0 Å². The first-order chi connectivity index (χ1) is 8.29. The lowest BCUT2D eigenvalue weighted by atomic mass is 10.1. The van der Waals surface area contributed by atoms with Gasteiger partial charge in [-0.2, -0.15) is 0 Å². The summed E-state index contributed by atoms with van der Waals surface area (Å²) < 4.78 is 4.68. The highest BCUT2D eigenvalue weighted by molar-refractivity contribution is 5.90. The minimum absolute atomic E-state index is 0. The molecule has 19 heavy (non-hydrogen) atoms. The fourth-order valence-corrected chi connectivity index (χ4v) is 1.93. The van der Waals surface area contributed by atoms with E-state index in [4.69, 9.17) is 0 Å². The average molecular weight is 308 g/mol. The molecular weight excluding hydrogens is 289 g/mol. The molecule has 0 amide bonds. The summed E-state index contributed by atoms with van der Waals surface area (Å²) in [5, 5.41) is 6.65. The van der Waals surface area contributed by atoms with E-state index >= 15 is 0 Å². The lowest BCUT2D eigenvalue weighted by Gasteiger charge is -2.24. The van der Waals surface area contributed by atoms with E-state index in [-0.39, 0.29) is 30.8 Å². The number of aromatic nitrogens is 1. The van der Waals surface area contributed by atoms with Crippen LogP contribution in [-0.4, -0.2) is 37.2 Å². The Bertz CT molecular complexity index is 398. The summed E-state index contributed by atoms with van der Waals surface area (Å²) in [6, 6.07) is 3.81. The molecule has 0 atom stereocenters. The van der Waals surface area contributed by atoms with E-state index in [1.165, 1.54) is 7.11 Å². The summed E-state index contributed by atoms with van der Waals surface area (Å²) >= 11 is 0. The highest BCUT2D eigenvalue weighted by atomic mass is 35.5. The molecule has 1 aliphatic rings. The lowest BCUT2D eigenvalue weighted by Crippen LogP contribution is -2.35. The van der Waals surface area contributed by atoms with Crippen LogP contribution < -0.4 is 10.6 Å². The number of esters is 1. The largest absolute Gasteiger partial charge is 0.465 e. The number of ether oxygens (including phenoxy) is 1. The van der Waals surface area contributed by atoms with Gasteiger partial charge in [-0.05, 0) is 38.1 Å². The zero-order chi connectivity index (χ0) is 12.1. The summed E-state index contributed by atoms with van der Waals surface area (Å²) in [6.45, 7) is 2.04. The third-order valence-electron chi connectivity index (χ3n) is 2.87. The summed E-state index contributed by atoms with van der Waals surface area (Å²) in [7, 11) is 1.38. The van der Waals surface area contributed by atoms with Gasteiger partial charge < -0.3 is 15.4 Å². The first-order valence-corrected chi connectivity index (χ1v) is 5.81. The van der Waals surface area contributed by atoms with E-state index in [0.717, 1.165) is 31.7 Å². The fourth-order valence-electron chi connectivity index (χ4n) is 1.93. The van der Waals surface area contributed by atoms with Crippen molar-refractivity contribution in [2.24, 2.45) is 0 Å². The maximum absolute atomic E-state index is 11.4. The second-order valence-electron chi connectivity index (χ2n) is 4.09. The van der Waals surface area contributed by atoms with E-state index in [2.05, 4.69) is 20.4 Å². The lowest BCUT2D eigenvalue weighted by molar-refractivity contribution is 0.0600. The molecule has 5 nitrogen and oxygen atoms in total. The number of carbonyl (C=O) groups excluding carboxylic acids is 1. The van der Waals surface area contributed by atoms with E-state index in [1.807, 2.05) is 0 Å². The van der Waals surface area contributed by atoms with Gasteiger partial charge in [-0.1, -0.05) is 0 Å². The van der Waals surface area contributed by atoms with Gasteiger partial charge in [0.05, 0.1) is 12.7 Å². The second kappa shape index (κ2) is 8.96. The summed E-state index contributed by atoms with van der Waals surface area (Å²) in [5.41, 5.74) is 0.527. The molecule has 7 heteroatoms. The van der Waals surface area contributed by atoms with Crippen LogP contribution in [-0.2, 0) is 4.74 Å². The number of halogens is 2. The van der Waals surface area contributed by atoms with Crippen molar-refractivity contribution in [3.05, 3.63) is 23.9 Å². The van der Waals surface area contributed by atoms with Crippen molar-refractivity contribution >= 4 is 36.6 Å². The molecule has 1 aromatic heterocycles. The van der Waals surface area contributed by atoms with Crippen LogP contribution >= 0.6 is 24.8 Å². The summed E-state index contributed by atoms with van der Waals surface area (Å²) in [5.74, 6) is 0.403.